The SMILES string of the molecule is Cc1ccnc(NC(C)c2ccc(F)cc2)c1C(=O)O. The first-order valence-electron chi connectivity index (χ1n) is 6.20. The first-order chi connectivity index (χ1) is 9.49. The predicted octanol–water partition coefficient (Wildman–Crippen LogP) is 3.40. The van der Waals surface area contributed by atoms with E-state index in [-0.39, 0.29) is 17.4 Å². The molecule has 1 unspecified atom stereocenters. The Labute approximate surface area is 116 Å². The molecular weight excluding hydrogens is 259 g/mol. The lowest BCUT2D eigenvalue weighted by Crippen LogP contribution is -2.13. The van der Waals surface area contributed by atoms with Crippen molar-refractivity contribution in [2.24, 2.45) is 0 Å². The summed E-state index contributed by atoms with van der Waals surface area (Å²) < 4.78 is 12.9. The van der Waals surface area contributed by atoms with E-state index < -0.39 is 5.97 Å². The van der Waals surface area contributed by atoms with E-state index in [1.165, 1.54) is 12.1 Å². The summed E-state index contributed by atoms with van der Waals surface area (Å²) in [5.41, 5.74) is 1.65. The van der Waals surface area contributed by atoms with Crippen LogP contribution in [-0.2, 0) is 0 Å². The van der Waals surface area contributed by atoms with Crippen molar-refractivity contribution < 1.29 is 14.3 Å². The summed E-state index contributed by atoms with van der Waals surface area (Å²) in [6.45, 7) is 3.59. The fourth-order valence-electron chi connectivity index (χ4n) is 1.98. The van der Waals surface area contributed by atoms with Crippen LogP contribution in [0.1, 0.15) is 34.5 Å². The third-order valence-electron chi connectivity index (χ3n) is 3.10. The zero-order valence-corrected chi connectivity index (χ0v) is 11.2. The quantitative estimate of drug-likeness (QED) is 0.897. The molecule has 2 aromatic rings. The Morgan fingerprint density at radius 2 is 1.95 bits per heavy atom. The van der Waals surface area contributed by atoms with Gasteiger partial charge in [0.1, 0.15) is 17.2 Å². The molecule has 0 bridgehead atoms. The second-order valence-corrected chi connectivity index (χ2v) is 4.57. The van der Waals surface area contributed by atoms with Crippen molar-refractivity contribution in [2.75, 3.05) is 5.32 Å². The van der Waals surface area contributed by atoms with Crippen LogP contribution in [0.3, 0.4) is 0 Å². The number of nitrogens with zero attached hydrogens (tertiary/aromatic N) is 1. The average molecular weight is 274 g/mol. The molecule has 20 heavy (non-hydrogen) atoms. The number of carbonyl (C=O) groups is 1. The smallest absolute Gasteiger partial charge is 0.339 e. The second kappa shape index (κ2) is 5.69. The van der Waals surface area contributed by atoms with Gasteiger partial charge in [-0.05, 0) is 43.2 Å². The molecule has 0 saturated heterocycles. The summed E-state index contributed by atoms with van der Waals surface area (Å²) >= 11 is 0. The van der Waals surface area contributed by atoms with Crippen LogP contribution in [0, 0.1) is 12.7 Å². The standard InChI is InChI=1S/C15H15FN2O2/c1-9-7-8-17-14(13(9)15(19)20)18-10(2)11-3-5-12(16)6-4-11/h3-8,10H,1-2H3,(H,17,18)(H,19,20). The largest absolute Gasteiger partial charge is 0.478 e. The molecular formula is C15H15FN2O2. The Kier molecular flexibility index (Phi) is 3.98. The van der Waals surface area contributed by atoms with Gasteiger partial charge in [-0.1, -0.05) is 12.1 Å². The van der Waals surface area contributed by atoms with Gasteiger partial charge in [-0.3, -0.25) is 0 Å². The van der Waals surface area contributed by atoms with Crippen molar-refractivity contribution in [1.82, 2.24) is 4.98 Å². The molecule has 0 aliphatic rings. The second-order valence-electron chi connectivity index (χ2n) is 4.57. The molecule has 2 rings (SSSR count). The minimum atomic E-state index is -1.02. The van der Waals surface area contributed by atoms with E-state index >= 15 is 0 Å². The van der Waals surface area contributed by atoms with E-state index in [1.54, 1.807) is 31.3 Å². The minimum absolute atomic E-state index is 0.154. The van der Waals surface area contributed by atoms with E-state index in [9.17, 15) is 14.3 Å². The van der Waals surface area contributed by atoms with Crippen LogP contribution in [-0.4, -0.2) is 16.1 Å². The van der Waals surface area contributed by atoms with E-state index in [1.807, 2.05) is 6.92 Å². The van der Waals surface area contributed by atoms with Gasteiger partial charge in [0.25, 0.3) is 0 Å². The minimum Gasteiger partial charge on any atom is -0.478 e. The van der Waals surface area contributed by atoms with Crippen molar-refractivity contribution >= 4 is 11.8 Å². The molecule has 0 spiro atoms. The molecule has 104 valence electrons. The van der Waals surface area contributed by atoms with Crippen LogP contribution in [0.2, 0.25) is 0 Å². The van der Waals surface area contributed by atoms with E-state index in [2.05, 4.69) is 10.3 Å². The van der Waals surface area contributed by atoms with Gasteiger partial charge < -0.3 is 10.4 Å². The molecule has 0 aliphatic carbocycles. The van der Waals surface area contributed by atoms with E-state index in [4.69, 9.17) is 0 Å². The summed E-state index contributed by atoms with van der Waals surface area (Å²) in [5, 5.41) is 12.3. The predicted molar refractivity (Wildman–Crippen MR) is 74.4 cm³/mol. The maximum absolute atomic E-state index is 12.9. The number of carboxylic acids is 1. The molecule has 1 atom stereocenters. The Morgan fingerprint density at radius 3 is 2.55 bits per heavy atom. The summed E-state index contributed by atoms with van der Waals surface area (Å²) in [7, 11) is 0. The molecule has 2 N–H and O–H groups in total. The van der Waals surface area contributed by atoms with Crippen LogP contribution in [0.25, 0.3) is 0 Å². The summed E-state index contributed by atoms with van der Waals surface area (Å²) in [6, 6.07) is 7.52. The Balaban J connectivity index is 2.28. The molecule has 1 aromatic heterocycles. The average Bonchev–Trinajstić information content (AvgIpc) is 2.39. The lowest BCUT2D eigenvalue weighted by molar-refractivity contribution is 0.0696. The van der Waals surface area contributed by atoms with Gasteiger partial charge in [-0.2, -0.15) is 0 Å². The maximum atomic E-state index is 12.9. The third kappa shape index (κ3) is 2.93. The van der Waals surface area contributed by atoms with Crippen molar-refractivity contribution in [3.63, 3.8) is 0 Å². The highest BCUT2D eigenvalue weighted by Gasteiger charge is 2.16. The fourth-order valence-corrected chi connectivity index (χ4v) is 1.98. The number of nitrogens with one attached hydrogen (secondary N) is 1. The van der Waals surface area contributed by atoms with Crippen LogP contribution < -0.4 is 5.32 Å². The highest BCUT2D eigenvalue weighted by Crippen LogP contribution is 2.22. The Hall–Kier alpha value is -2.43. The van der Waals surface area contributed by atoms with E-state index in [0.29, 0.717) is 11.4 Å². The number of rotatable bonds is 4. The number of halogens is 1. The van der Waals surface area contributed by atoms with Gasteiger partial charge in [0.15, 0.2) is 0 Å². The van der Waals surface area contributed by atoms with Crippen molar-refractivity contribution in [2.45, 2.75) is 19.9 Å². The number of hydrogen-bond donors (Lipinski definition) is 2. The molecule has 1 aromatic carbocycles. The molecule has 0 amide bonds. The first kappa shape index (κ1) is 14.0. The Bertz CT molecular complexity index is 626. The molecule has 5 heteroatoms. The van der Waals surface area contributed by atoms with Crippen LogP contribution >= 0.6 is 0 Å². The number of hydrogen-bond acceptors (Lipinski definition) is 3. The van der Waals surface area contributed by atoms with Crippen molar-refractivity contribution in [3.8, 4) is 0 Å². The number of aromatic nitrogens is 1. The zero-order chi connectivity index (χ0) is 14.7. The van der Waals surface area contributed by atoms with Crippen LogP contribution in [0.15, 0.2) is 36.5 Å². The summed E-state index contributed by atoms with van der Waals surface area (Å²) in [6.07, 6.45) is 1.56. The topological polar surface area (TPSA) is 62.2 Å². The number of carboxylic acid groups (broad SMARTS) is 1. The fraction of sp³-hybridized carbons (Fsp3) is 0.200. The number of aryl methyl sites for hydroxylation is 1. The third-order valence-corrected chi connectivity index (χ3v) is 3.10. The van der Waals surface area contributed by atoms with Gasteiger partial charge in [0.05, 0.1) is 0 Å². The first-order valence-corrected chi connectivity index (χ1v) is 6.20. The molecule has 4 nitrogen and oxygen atoms in total. The van der Waals surface area contributed by atoms with Crippen molar-refractivity contribution in [3.05, 3.63) is 59.0 Å². The highest BCUT2D eigenvalue weighted by atomic mass is 19.1. The van der Waals surface area contributed by atoms with Crippen molar-refractivity contribution in [1.29, 1.82) is 0 Å². The molecule has 1 heterocycles. The number of benzene rings is 1. The lowest BCUT2D eigenvalue weighted by Gasteiger charge is -2.17. The van der Waals surface area contributed by atoms with Gasteiger partial charge >= 0.3 is 5.97 Å². The summed E-state index contributed by atoms with van der Waals surface area (Å²) in [4.78, 5) is 15.4. The van der Waals surface area contributed by atoms with E-state index in [0.717, 1.165) is 5.56 Å². The molecule has 0 aliphatic heterocycles. The molecule has 0 saturated carbocycles. The number of pyridine rings is 1. The Morgan fingerprint density at radius 1 is 1.30 bits per heavy atom. The van der Waals surface area contributed by atoms with Gasteiger partial charge in [-0.25, -0.2) is 14.2 Å². The van der Waals surface area contributed by atoms with Gasteiger partial charge in [-0.15, -0.1) is 0 Å². The molecule has 0 radical (unpaired) electrons. The van der Waals surface area contributed by atoms with Crippen LogP contribution in [0.4, 0.5) is 10.2 Å². The number of anilines is 1. The molecule has 0 fully saturated rings. The monoisotopic (exact) mass is 274 g/mol. The van der Waals surface area contributed by atoms with Crippen LogP contribution in [0.5, 0.6) is 0 Å². The highest BCUT2D eigenvalue weighted by molar-refractivity contribution is 5.94. The van der Waals surface area contributed by atoms with Gasteiger partial charge in [0.2, 0.25) is 0 Å². The lowest BCUT2D eigenvalue weighted by atomic mass is 10.1. The normalized spacial score (nSPS) is 11.9. The van der Waals surface area contributed by atoms with Gasteiger partial charge in [0, 0.05) is 12.2 Å². The summed E-state index contributed by atoms with van der Waals surface area (Å²) in [5.74, 6) is -1.01. The number of aromatic carboxylic acids is 1. The zero-order valence-electron chi connectivity index (χ0n) is 11.2. The maximum Gasteiger partial charge on any atom is 0.339 e.